The van der Waals surface area contributed by atoms with Gasteiger partial charge in [0.15, 0.2) is 0 Å². The summed E-state index contributed by atoms with van der Waals surface area (Å²) in [5, 5.41) is 3.46. The van der Waals surface area contributed by atoms with Crippen molar-refractivity contribution in [3.05, 3.63) is 33.8 Å². The van der Waals surface area contributed by atoms with Crippen LogP contribution in [0.4, 0.5) is 4.79 Å². The van der Waals surface area contributed by atoms with Crippen LogP contribution in [0.25, 0.3) is 0 Å². The number of rotatable bonds is 2. The van der Waals surface area contributed by atoms with Crippen molar-refractivity contribution in [1.29, 1.82) is 0 Å². The van der Waals surface area contributed by atoms with E-state index in [2.05, 4.69) is 5.32 Å². The number of nitrogens with one attached hydrogen (secondary N) is 2. The number of carbonyl (C=O) groups is 1. The topological polar surface area (TPSA) is 67.1 Å². The molecule has 0 heterocycles. The first-order valence-electron chi connectivity index (χ1n) is 3.82. The molecule has 2 amide bonds. The molecule has 0 fully saturated rings. The van der Waals surface area contributed by atoms with Crippen molar-refractivity contribution < 1.29 is 4.79 Å². The van der Waals surface area contributed by atoms with Gasteiger partial charge < -0.3 is 5.32 Å². The van der Waals surface area contributed by atoms with Crippen molar-refractivity contribution in [2.45, 2.75) is 6.54 Å². The second-order valence-electron chi connectivity index (χ2n) is 2.58. The maximum atomic E-state index is 10.7. The molecule has 0 radical (unpaired) electrons. The number of benzene rings is 1. The molecule has 0 atom stereocenters. The molecule has 1 aromatic carbocycles. The quantitative estimate of drug-likeness (QED) is 0.414. The number of hydrazine groups is 1. The summed E-state index contributed by atoms with van der Waals surface area (Å²) in [4.78, 5) is 10.7. The third kappa shape index (κ3) is 3.06. The summed E-state index contributed by atoms with van der Waals surface area (Å²) in [6, 6.07) is 4.67. The normalized spacial score (nSPS) is 9.64. The highest BCUT2D eigenvalue weighted by molar-refractivity contribution is 6.42. The van der Waals surface area contributed by atoms with Crippen LogP contribution in [-0.4, -0.2) is 6.03 Å². The summed E-state index contributed by atoms with van der Waals surface area (Å²) in [7, 11) is 0. The molecular weight excluding hydrogens is 225 g/mol. The van der Waals surface area contributed by atoms with E-state index in [4.69, 9.17) is 29.0 Å². The highest BCUT2D eigenvalue weighted by atomic mass is 35.5. The smallest absolute Gasteiger partial charge is 0.329 e. The monoisotopic (exact) mass is 233 g/mol. The van der Waals surface area contributed by atoms with Crippen LogP contribution >= 0.6 is 23.2 Å². The van der Waals surface area contributed by atoms with E-state index in [1.807, 2.05) is 5.43 Å². The lowest BCUT2D eigenvalue weighted by atomic mass is 10.2. The van der Waals surface area contributed by atoms with Crippen molar-refractivity contribution in [3.8, 4) is 0 Å². The lowest BCUT2D eigenvalue weighted by Crippen LogP contribution is -2.39. The Labute approximate surface area is 91.3 Å². The lowest BCUT2D eigenvalue weighted by molar-refractivity contribution is 0.241. The molecule has 1 rings (SSSR count). The molecule has 0 aliphatic rings. The molecule has 0 spiro atoms. The number of nitrogens with two attached hydrogens (primary N) is 1. The Balaban J connectivity index is 2.60. The van der Waals surface area contributed by atoms with E-state index in [9.17, 15) is 4.79 Å². The Kier molecular flexibility index (Phi) is 4.00. The predicted octanol–water partition coefficient (Wildman–Crippen LogP) is 1.67. The Morgan fingerprint density at radius 1 is 1.36 bits per heavy atom. The Morgan fingerprint density at radius 2 is 2.07 bits per heavy atom. The van der Waals surface area contributed by atoms with E-state index >= 15 is 0 Å². The van der Waals surface area contributed by atoms with Crippen LogP contribution in [0.1, 0.15) is 5.56 Å². The summed E-state index contributed by atoms with van der Waals surface area (Å²) in [5.74, 6) is 4.88. The fourth-order valence-electron chi connectivity index (χ4n) is 0.883. The molecule has 14 heavy (non-hydrogen) atoms. The first-order valence-corrected chi connectivity index (χ1v) is 4.57. The fourth-order valence-corrected chi connectivity index (χ4v) is 1.20. The lowest BCUT2D eigenvalue weighted by Gasteiger charge is -2.05. The largest absolute Gasteiger partial charge is 0.333 e. The van der Waals surface area contributed by atoms with E-state index in [0.29, 0.717) is 16.6 Å². The van der Waals surface area contributed by atoms with Gasteiger partial charge in [0.25, 0.3) is 0 Å². The third-order valence-electron chi connectivity index (χ3n) is 1.57. The van der Waals surface area contributed by atoms with Gasteiger partial charge in [0, 0.05) is 6.54 Å². The summed E-state index contributed by atoms with van der Waals surface area (Å²) in [6.07, 6.45) is 0. The van der Waals surface area contributed by atoms with Crippen LogP contribution in [-0.2, 0) is 6.54 Å². The van der Waals surface area contributed by atoms with Crippen molar-refractivity contribution in [1.82, 2.24) is 10.7 Å². The second-order valence-corrected chi connectivity index (χ2v) is 3.39. The van der Waals surface area contributed by atoms with Crippen molar-refractivity contribution in [2.24, 2.45) is 5.84 Å². The average molecular weight is 234 g/mol. The molecular formula is C8H9Cl2N3O. The highest BCUT2D eigenvalue weighted by Gasteiger charge is 2.00. The average Bonchev–Trinajstić information content (AvgIpc) is 2.19. The standard InChI is InChI=1S/C8H9Cl2N3O/c9-6-2-1-5(3-7(6)10)4-12-8(14)13-11/h1-3H,4,11H2,(H2,12,13,14). The molecule has 76 valence electrons. The molecule has 0 bridgehead atoms. The summed E-state index contributed by atoms with van der Waals surface area (Å²) < 4.78 is 0. The molecule has 0 unspecified atom stereocenters. The molecule has 4 N–H and O–H groups in total. The number of urea groups is 1. The van der Waals surface area contributed by atoms with E-state index in [1.54, 1.807) is 18.2 Å². The van der Waals surface area contributed by atoms with Gasteiger partial charge in [-0.05, 0) is 17.7 Å². The van der Waals surface area contributed by atoms with Crippen LogP contribution in [0.5, 0.6) is 0 Å². The van der Waals surface area contributed by atoms with Gasteiger partial charge in [0.05, 0.1) is 10.0 Å². The van der Waals surface area contributed by atoms with Gasteiger partial charge >= 0.3 is 6.03 Å². The van der Waals surface area contributed by atoms with Crippen LogP contribution in [0.15, 0.2) is 18.2 Å². The van der Waals surface area contributed by atoms with E-state index < -0.39 is 6.03 Å². The van der Waals surface area contributed by atoms with Gasteiger partial charge in [0.2, 0.25) is 0 Å². The van der Waals surface area contributed by atoms with Gasteiger partial charge in [-0.3, -0.25) is 5.43 Å². The Bertz CT molecular complexity index is 343. The zero-order chi connectivity index (χ0) is 10.6. The van der Waals surface area contributed by atoms with Crippen LogP contribution in [0, 0.1) is 0 Å². The highest BCUT2D eigenvalue weighted by Crippen LogP contribution is 2.22. The minimum atomic E-state index is -0.448. The predicted molar refractivity (Wildman–Crippen MR) is 56.0 cm³/mol. The SMILES string of the molecule is NNC(=O)NCc1ccc(Cl)c(Cl)c1. The molecule has 0 aliphatic carbocycles. The zero-order valence-corrected chi connectivity index (χ0v) is 8.69. The van der Waals surface area contributed by atoms with E-state index in [0.717, 1.165) is 5.56 Å². The number of hydrogen-bond donors (Lipinski definition) is 3. The Morgan fingerprint density at radius 3 is 2.64 bits per heavy atom. The maximum absolute atomic E-state index is 10.7. The van der Waals surface area contributed by atoms with Crippen LogP contribution < -0.4 is 16.6 Å². The number of hydrogen-bond acceptors (Lipinski definition) is 2. The summed E-state index contributed by atoms with van der Waals surface area (Å²) >= 11 is 11.5. The molecule has 0 aliphatic heterocycles. The van der Waals surface area contributed by atoms with Gasteiger partial charge in [-0.25, -0.2) is 10.6 Å². The second kappa shape index (κ2) is 5.05. The first kappa shape index (κ1) is 11.1. The molecule has 0 saturated carbocycles. The van der Waals surface area contributed by atoms with Crippen LogP contribution in [0.2, 0.25) is 10.0 Å². The number of carbonyl (C=O) groups excluding carboxylic acids is 1. The molecule has 0 saturated heterocycles. The molecule has 6 heteroatoms. The third-order valence-corrected chi connectivity index (χ3v) is 2.31. The van der Waals surface area contributed by atoms with Crippen molar-refractivity contribution in [2.75, 3.05) is 0 Å². The number of halogens is 2. The van der Waals surface area contributed by atoms with E-state index in [-0.39, 0.29) is 0 Å². The minimum absolute atomic E-state index is 0.347. The maximum Gasteiger partial charge on any atom is 0.329 e. The van der Waals surface area contributed by atoms with Crippen LogP contribution in [0.3, 0.4) is 0 Å². The fraction of sp³-hybridized carbons (Fsp3) is 0.125. The first-order chi connectivity index (χ1) is 6.63. The van der Waals surface area contributed by atoms with Gasteiger partial charge in [-0.15, -0.1) is 0 Å². The van der Waals surface area contributed by atoms with Crippen molar-refractivity contribution >= 4 is 29.2 Å². The molecule has 4 nitrogen and oxygen atoms in total. The zero-order valence-electron chi connectivity index (χ0n) is 7.18. The van der Waals surface area contributed by atoms with E-state index in [1.165, 1.54) is 0 Å². The summed E-state index contributed by atoms with van der Waals surface area (Å²) in [6.45, 7) is 0.347. The Hall–Kier alpha value is -0.970. The van der Waals surface area contributed by atoms with Crippen molar-refractivity contribution in [3.63, 3.8) is 0 Å². The number of amides is 2. The summed E-state index contributed by atoms with van der Waals surface area (Å²) in [5.41, 5.74) is 2.80. The van der Waals surface area contributed by atoms with Gasteiger partial charge in [-0.1, -0.05) is 29.3 Å². The minimum Gasteiger partial charge on any atom is -0.333 e. The van der Waals surface area contributed by atoms with Gasteiger partial charge in [0.1, 0.15) is 0 Å². The molecule has 0 aromatic heterocycles. The van der Waals surface area contributed by atoms with Gasteiger partial charge in [-0.2, -0.15) is 0 Å². The molecule has 1 aromatic rings.